The summed E-state index contributed by atoms with van der Waals surface area (Å²) in [6.07, 6.45) is 4.06. The molecule has 1 aromatic carbocycles. The van der Waals surface area contributed by atoms with Crippen LogP contribution in [-0.4, -0.2) is 11.9 Å². The molecule has 1 heterocycles. The van der Waals surface area contributed by atoms with Crippen molar-refractivity contribution in [3.63, 3.8) is 0 Å². The van der Waals surface area contributed by atoms with Crippen molar-refractivity contribution in [2.45, 2.75) is 0 Å². The van der Waals surface area contributed by atoms with Gasteiger partial charge in [-0.2, -0.15) is 6.67 Å². The molecule has 0 atom stereocenters. The predicted molar refractivity (Wildman–Crippen MR) is 50.1 cm³/mol. The van der Waals surface area contributed by atoms with Gasteiger partial charge in [0.05, 0.1) is 0 Å². The molecule has 0 aliphatic carbocycles. The number of rotatable bonds is 1. The van der Waals surface area contributed by atoms with Gasteiger partial charge in [0.1, 0.15) is 0 Å². The fraction of sp³-hybridized carbons (Fsp3) is 0.100. The third-order valence-electron chi connectivity index (χ3n) is 1.82. The Morgan fingerprint density at radius 2 is 1.83 bits per heavy atom. The Morgan fingerprint density at radius 3 is 2.42 bits per heavy atom. The first kappa shape index (κ1) is 7.22. The molecular formula is C10H11N2-. The number of hydrogen-bond donors (Lipinski definition) is 0. The number of benzene rings is 1. The molecule has 0 unspecified atom stereocenters. The lowest BCUT2D eigenvalue weighted by Crippen LogP contribution is -2.14. The van der Waals surface area contributed by atoms with E-state index < -0.39 is 0 Å². The zero-order valence-corrected chi connectivity index (χ0v) is 7.01. The third-order valence-corrected chi connectivity index (χ3v) is 1.82. The summed E-state index contributed by atoms with van der Waals surface area (Å²) < 4.78 is 0. The van der Waals surface area contributed by atoms with Crippen molar-refractivity contribution in [2.75, 3.05) is 11.9 Å². The highest BCUT2D eigenvalue weighted by molar-refractivity contribution is 5.51. The lowest BCUT2D eigenvalue weighted by atomic mass is 10.3. The zero-order chi connectivity index (χ0) is 8.39. The Labute approximate surface area is 72.7 Å². The average molecular weight is 159 g/mol. The molecule has 2 heteroatoms. The highest BCUT2D eigenvalue weighted by Gasteiger charge is 1.98. The molecule has 62 valence electrons. The van der Waals surface area contributed by atoms with Crippen LogP contribution in [0.1, 0.15) is 0 Å². The first-order valence-electron chi connectivity index (χ1n) is 3.95. The summed E-state index contributed by atoms with van der Waals surface area (Å²) in [5.74, 6) is 0. The second-order valence-corrected chi connectivity index (χ2v) is 2.82. The van der Waals surface area contributed by atoms with E-state index in [4.69, 9.17) is 0 Å². The van der Waals surface area contributed by atoms with Crippen LogP contribution < -0.4 is 4.90 Å². The summed E-state index contributed by atoms with van der Waals surface area (Å²) in [6, 6.07) is 10.3. The van der Waals surface area contributed by atoms with Crippen molar-refractivity contribution in [1.29, 1.82) is 0 Å². The second-order valence-electron chi connectivity index (χ2n) is 2.82. The normalized spacial score (nSPS) is 15.8. The summed E-state index contributed by atoms with van der Waals surface area (Å²) in [4.78, 5) is 4.10. The van der Waals surface area contributed by atoms with Crippen molar-refractivity contribution in [2.24, 2.45) is 0 Å². The molecule has 0 radical (unpaired) electrons. The van der Waals surface area contributed by atoms with Crippen LogP contribution in [0.4, 0.5) is 5.69 Å². The van der Waals surface area contributed by atoms with Gasteiger partial charge < -0.3 is 9.80 Å². The molecule has 0 saturated heterocycles. The first-order chi connectivity index (χ1) is 5.86. The Bertz CT molecular complexity index is 279. The van der Waals surface area contributed by atoms with E-state index in [-0.39, 0.29) is 0 Å². The van der Waals surface area contributed by atoms with Crippen molar-refractivity contribution in [1.82, 2.24) is 4.90 Å². The minimum absolute atomic E-state index is 1.19. The van der Waals surface area contributed by atoms with E-state index in [1.54, 1.807) is 0 Å². The highest BCUT2D eigenvalue weighted by atomic mass is 15.3. The fourth-order valence-electron chi connectivity index (χ4n) is 1.20. The van der Waals surface area contributed by atoms with Gasteiger partial charge in [-0.3, -0.25) is 0 Å². The van der Waals surface area contributed by atoms with Gasteiger partial charge in [-0.05, 0) is 31.6 Å². The molecule has 0 spiro atoms. The molecule has 1 aliphatic heterocycles. The molecule has 1 aromatic rings. The van der Waals surface area contributed by atoms with E-state index in [9.17, 15) is 0 Å². The van der Waals surface area contributed by atoms with Crippen molar-refractivity contribution >= 4 is 5.69 Å². The maximum atomic E-state index is 2.08. The second kappa shape index (κ2) is 2.89. The average Bonchev–Trinajstić information content (AvgIpc) is 2.54. The van der Waals surface area contributed by atoms with Crippen LogP contribution in [0.2, 0.25) is 0 Å². The molecule has 0 fully saturated rings. The van der Waals surface area contributed by atoms with Crippen LogP contribution in [-0.2, 0) is 0 Å². The number of hydrogen-bond acceptors (Lipinski definition) is 2. The van der Waals surface area contributed by atoms with E-state index in [0.717, 1.165) is 0 Å². The summed E-state index contributed by atoms with van der Waals surface area (Å²) in [7, 11) is 2.01. The summed E-state index contributed by atoms with van der Waals surface area (Å²) in [6.45, 7) is 2.04. The van der Waals surface area contributed by atoms with Gasteiger partial charge >= 0.3 is 0 Å². The third kappa shape index (κ3) is 1.28. The van der Waals surface area contributed by atoms with Crippen LogP contribution in [0.3, 0.4) is 0 Å². The standard InChI is InChI=1S/C10H11N2/c1-11-7-8-12(9-11)10-5-3-2-4-6-10/h2-9H,1H3/q-1. The van der Waals surface area contributed by atoms with Crippen molar-refractivity contribution < 1.29 is 0 Å². The van der Waals surface area contributed by atoms with E-state index in [1.165, 1.54) is 5.69 Å². The van der Waals surface area contributed by atoms with Gasteiger partial charge in [-0.15, -0.1) is 0 Å². The lowest BCUT2D eigenvalue weighted by molar-refractivity contribution is 0.574. The van der Waals surface area contributed by atoms with E-state index in [1.807, 2.05) is 49.2 Å². The maximum absolute atomic E-state index is 2.08. The van der Waals surface area contributed by atoms with Crippen molar-refractivity contribution in [3.8, 4) is 0 Å². The van der Waals surface area contributed by atoms with Gasteiger partial charge in [0.25, 0.3) is 0 Å². The van der Waals surface area contributed by atoms with Gasteiger partial charge in [0, 0.05) is 5.69 Å². The van der Waals surface area contributed by atoms with Gasteiger partial charge in [0.15, 0.2) is 0 Å². The number of para-hydroxylation sites is 1. The van der Waals surface area contributed by atoms with E-state index >= 15 is 0 Å². The van der Waals surface area contributed by atoms with Gasteiger partial charge in [-0.1, -0.05) is 18.2 Å². The van der Waals surface area contributed by atoms with Crippen LogP contribution in [0.5, 0.6) is 0 Å². The van der Waals surface area contributed by atoms with Crippen LogP contribution in [0, 0.1) is 6.67 Å². The largest absolute Gasteiger partial charge is 0.510 e. The Hall–Kier alpha value is -1.44. The summed E-state index contributed by atoms with van der Waals surface area (Å²) in [5.41, 5.74) is 1.19. The van der Waals surface area contributed by atoms with Gasteiger partial charge in [-0.25, -0.2) is 0 Å². The molecule has 0 amide bonds. The maximum Gasteiger partial charge on any atom is 0.0124 e. The van der Waals surface area contributed by atoms with Crippen LogP contribution in [0.25, 0.3) is 0 Å². The highest BCUT2D eigenvalue weighted by Crippen LogP contribution is 2.19. The molecular weight excluding hydrogens is 148 g/mol. The molecule has 0 N–H and O–H groups in total. The summed E-state index contributed by atoms with van der Waals surface area (Å²) in [5, 5.41) is 0. The SMILES string of the molecule is CN1C=CN(c2ccccc2)[CH-]1. The Morgan fingerprint density at radius 1 is 1.08 bits per heavy atom. The topological polar surface area (TPSA) is 6.48 Å². The smallest absolute Gasteiger partial charge is 0.0124 e. The molecule has 2 rings (SSSR count). The molecule has 0 saturated carbocycles. The zero-order valence-electron chi connectivity index (χ0n) is 7.01. The minimum atomic E-state index is 1.19. The van der Waals surface area contributed by atoms with Crippen LogP contribution in [0.15, 0.2) is 42.7 Å². The monoisotopic (exact) mass is 159 g/mol. The predicted octanol–water partition coefficient (Wildman–Crippen LogP) is 2.03. The molecule has 0 aromatic heterocycles. The molecule has 12 heavy (non-hydrogen) atoms. The minimum Gasteiger partial charge on any atom is -0.510 e. The van der Waals surface area contributed by atoms with E-state index in [0.29, 0.717) is 0 Å². The molecule has 2 nitrogen and oxygen atoms in total. The molecule has 0 bridgehead atoms. The van der Waals surface area contributed by atoms with E-state index in [2.05, 4.69) is 17.0 Å². The lowest BCUT2D eigenvalue weighted by Gasteiger charge is -2.30. The Balaban J connectivity index is 2.18. The summed E-state index contributed by atoms with van der Waals surface area (Å²) >= 11 is 0. The Kier molecular flexibility index (Phi) is 1.74. The van der Waals surface area contributed by atoms with Crippen molar-refractivity contribution in [3.05, 3.63) is 49.4 Å². The first-order valence-corrected chi connectivity index (χ1v) is 3.95. The number of nitrogens with zero attached hydrogens (tertiary/aromatic N) is 2. The van der Waals surface area contributed by atoms with Gasteiger partial charge in [0.2, 0.25) is 0 Å². The van der Waals surface area contributed by atoms with Crippen LogP contribution >= 0.6 is 0 Å². The quantitative estimate of drug-likeness (QED) is 0.578. The fourth-order valence-corrected chi connectivity index (χ4v) is 1.20. The molecule has 1 aliphatic rings. The number of anilines is 1.